The van der Waals surface area contributed by atoms with Crippen molar-refractivity contribution in [3.63, 3.8) is 0 Å². The Balaban J connectivity index is 2.19. The molecule has 1 unspecified atom stereocenters. The number of thiophene rings is 1. The highest BCUT2D eigenvalue weighted by Crippen LogP contribution is 2.30. The maximum absolute atomic E-state index is 3.47. The molecule has 0 amide bonds. The number of nitrogens with one attached hydrogen (secondary N) is 1. The summed E-state index contributed by atoms with van der Waals surface area (Å²) in [5, 5.41) is 5.69. The molecule has 0 spiro atoms. The van der Waals surface area contributed by atoms with E-state index in [0.717, 1.165) is 12.5 Å². The molecular formula is C10H15NS. The lowest BCUT2D eigenvalue weighted by Crippen LogP contribution is -2.26. The fourth-order valence-corrected chi connectivity index (χ4v) is 2.87. The SMILES string of the molecule is CCCC1CNCc2sccc21. The Kier molecular flexibility index (Phi) is 2.47. The van der Waals surface area contributed by atoms with Crippen LogP contribution in [0.1, 0.15) is 36.1 Å². The van der Waals surface area contributed by atoms with Crippen molar-refractivity contribution >= 4 is 11.3 Å². The summed E-state index contributed by atoms with van der Waals surface area (Å²) in [5.74, 6) is 0.782. The molecule has 1 nitrogen and oxygen atoms in total. The molecule has 2 rings (SSSR count). The van der Waals surface area contributed by atoms with Gasteiger partial charge >= 0.3 is 0 Å². The summed E-state index contributed by atoms with van der Waals surface area (Å²) < 4.78 is 0. The Hall–Kier alpha value is -0.340. The van der Waals surface area contributed by atoms with E-state index < -0.39 is 0 Å². The van der Waals surface area contributed by atoms with Gasteiger partial charge in [-0.2, -0.15) is 0 Å². The van der Waals surface area contributed by atoms with Gasteiger partial charge < -0.3 is 5.32 Å². The maximum atomic E-state index is 3.47. The summed E-state index contributed by atoms with van der Waals surface area (Å²) in [4.78, 5) is 1.56. The fraction of sp³-hybridized carbons (Fsp3) is 0.600. The van der Waals surface area contributed by atoms with Crippen LogP contribution in [0.2, 0.25) is 0 Å². The quantitative estimate of drug-likeness (QED) is 0.739. The van der Waals surface area contributed by atoms with Gasteiger partial charge in [0.15, 0.2) is 0 Å². The van der Waals surface area contributed by atoms with E-state index >= 15 is 0 Å². The van der Waals surface area contributed by atoms with Crippen LogP contribution in [0.15, 0.2) is 11.4 Å². The Morgan fingerprint density at radius 2 is 2.58 bits per heavy atom. The van der Waals surface area contributed by atoms with Gasteiger partial charge in [-0.05, 0) is 29.3 Å². The first-order valence-electron chi connectivity index (χ1n) is 4.68. The molecule has 0 saturated carbocycles. The standard InChI is InChI=1S/C10H15NS/c1-2-3-8-6-11-7-10-9(8)4-5-12-10/h4-5,8,11H,2-3,6-7H2,1H3. The molecule has 0 saturated heterocycles. The van der Waals surface area contributed by atoms with Gasteiger partial charge in [-0.25, -0.2) is 0 Å². The molecule has 0 aliphatic carbocycles. The van der Waals surface area contributed by atoms with Crippen molar-refractivity contribution in [2.45, 2.75) is 32.2 Å². The molecule has 0 aromatic carbocycles. The lowest BCUT2D eigenvalue weighted by molar-refractivity contribution is 0.515. The van der Waals surface area contributed by atoms with Crippen LogP contribution in [0, 0.1) is 0 Å². The van der Waals surface area contributed by atoms with Crippen LogP contribution in [0.3, 0.4) is 0 Å². The zero-order valence-corrected chi connectivity index (χ0v) is 8.29. The molecule has 12 heavy (non-hydrogen) atoms. The zero-order chi connectivity index (χ0) is 8.39. The fourth-order valence-electron chi connectivity index (χ4n) is 1.93. The third kappa shape index (κ3) is 1.41. The molecule has 1 N–H and O–H groups in total. The van der Waals surface area contributed by atoms with Gasteiger partial charge in [0.1, 0.15) is 0 Å². The van der Waals surface area contributed by atoms with Gasteiger partial charge in [0.25, 0.3) is 0 Å². The minimum absolute atomic E-state index is 0.782. The first-order chi connectivity index (χ1) is 5.92. The highest BCUT2D eigenvalue weighted by Gasteiger charge is 2.19. The molecule has 1 aliphatic rings. The van der Waals surface area contributed by atoms with Crippen LogP contribution in [-0.2, 0) is 6.54 Å². The van der Waals surface area contributed by atoms with Crippen molar-refractivity contribution in [1.82, 2.24) is 5.32 Å². The van der Waals surface area contributed by atoms with Crippen molar-refractivity contribution in [2.24, 2.45) is 0 Å². The molecule has 66 valence electrons. The number of hydrogen-bond donors (Lipinski definition) is 1. The summed E-state index contributed by atoms with van der Waals surface area (Å²) >= 11 is 1.89. The second-order valence-corrected chi connectivity index (χ2v) is 4.42. The Morgan fingerprint density at radius 1 is 1.67 bits per heavy atom. The van der Waals surface area contributed by atoms with Gasteiger partial charge in [-0.15, -0.1) is 11.3 Å². The normalized spacial score (nSPS) is 22.2. The van der Waals surface area contributed by atoms with Crippen LogP contribution in [0.5, 0.6) is 0 Å². The molecule has 0 radical (unpaired) electrons. The number of rotatable bonds is 2. The van der Waals surface area contributed by atoms with Crippen LogP contribution in [-0.4, -0.2) is 6.54 Å². The summed E-state index contributed by atoms with van der Waals surface area (Å²) in [5.41, 5.74) is 1.61. The molecule has 2 heteroatoms. The van der Waals surface area contributed by atoms with Crippen molar-refractivity contribution in [1.29, 1.82) is 0 Å². The highest BCUT2D eigenvalue weighted by atomic mass is 32.1. The number of hydrogen-bond acceptors (Lipinski definition) is 2. The molecule has 2 heterocycles. The van der Waals surface area contributed by atoms with E-state index in [1.807, 2.05) is 11.3 Å². The topological polar surface area (TPSA) is 12.0 Å². The third-order valence-electron chi connectivity index (χ3n) is 2.53. The Bertz CT molecular complexity index is 254. The van der Waals surface area contributed by atoms with Crippen LogP contribution in [0.25, 0.3) is 0 Å². The second-order valence-electron chi connectivity index (χ2n) is 3.42. The number of fused-ring (bicyclic) bond motifs is 1. The predicted molar refractivity (Wildman–Crippen MR) is 53.7 cm³/mol. The monoisotopic (exact) mass is 181 g/mol. The smallest absolute Gasteiger partial charge is 0.0302 e. The second kappa shape index (κ2) is 3.58. The van der Waals surface area contributed by atoms with Gasteiger partial charge in [0.05, 0.1) is 0 Å². The minimum atomic E-state index is 0.782. The lowest BCUT2D eigenvalue weighted by Gasteiger charge is -2.22. The summed E-state index contributed by atoms with van der Waals surface area (Å²) in [6.45, 7) is 4.53. The maximum Gasteiger partial charge on any atom is 0.0302 e. The predicted octanol–water partition coefficient (Wildman–Crippen LogP) is 2.74. The van der Waals surface area contributed by atoms with Crippen molar-refractivity contribution < 1.29 is 0 Å². The van der Waals surface area contributed by atoms with Gasteiger partial charge in [-0.3, -0.25) is 0 Å². The summed E-state index contributed by atoms with van der Waals surface area (Å²) in [6.07, 6.45) is 2.62. The third-order valence-corrected chi connectivity index (χ3v) is 3.47. The largest absolute Gasteiger partial charge is 0.311 e. The van der Waals surface area contributed by atoms with Crippen LogP contribution in [0.4, 0.5) is 0 Å². The first kappa shape index (κ1) is 8.27. The molecule has 1 aromatic heterocycles. The Morgan fingerprint density at radius 3 is 3.42 bits per heavy atom. The zero-order valence-electron chi connectivity index (χ0n) is 7.47. The van der Waals surface area contributed by atoms with Crippen LogP contribution < -0.4 is 5.32 Å². The van der Waals surface area contributed by atoms with Crippen LogP contribution >= 0.6 is 11.3 Å². The van der Waals surface area contributed by atoms with E-state index in [1.165, 1.54) is 19.4 Å². The van der Waals surface area contributed by atoms with Gasteiger partial charge in [0, 0.05) is 18.0 Å². The molecule has 0 bridgehead atoms. The average Bonchev–Trinajstić information content (AvgIpc) is 2.53. The van der Waals surface area contributed by atoms with E-state index in [1.54, 1.807) is 10.4 Å². The minimum Gasteiger partial charge on any atom is -0.311 e. The van der Waals surface area contributed by atoms with E-state index in [2.05, 4.69) is 23.7 Å². The molecule has 1 atom stereocenters. The summed E-state index contributed by atoms with van der Waals surface area (Å²) in [6, 6.07) is 2.31. The van der Waals surface area contributed by atoms with E-state index in [9.17, 15) is 0 Å². The highest BCUT2D eigenvalue weighted by molar-refractivity contribution is 7.10. The van der Waals surface area contributed by atoms with Gasteiger partial charge in [-0.1, -0.05) is 13.3 Å². The Labute approximate surface area is 77.8 Å². The molecule has 0 fully saturated rings. The van der Waals surface area contributed by atoms with Crippen molar-refractivity contribution in [2.75, 3.05) is 6.54 Å². The average molecular weight is 181 g/mol. The van der Waals surface area contributed by atoms with E-state index in [4.69, 9.17) is 0 Å². The summed E-state index contributed by atoms with van der Waals surface area (Å²) in [7, 11) is 0. The van der Waals surface area contributed by atoms with E-state index in [-0.39, 0.29) is 0 Å². The molecule has 1 aromatic rings. The van der Waals surface area contributed by atoms with Crippen molar-refractivity contribution in [3.8, 4) is 0 Å². The first-order valence-corrected chi connectivity index (χ1v) is 5.56. The van der Waals surface area contributed by atoms with E-state index in [0.29, 0.717) is 0 Å². The lowest BCUT2D eigenvalue weighted by atomic mass is 9.92. The molecule has 1 aliphatic heterocycles. The van der Waals surface area contributed by atoms with Gasteiger partial charge in [0.2, 0.25) is 0 Å². The molecular weight excluding hydrogens is 166 g/mol. The van der Waals surface area contributed by atoms with Crippen molar-refractivity contribution in [3.05, 3.63) is 21.9 Å².